The number of nitrogens with zero attached hydrogens (tertiary/aromatic N) is 1. The molecule has 2 amide bonds. The summed E-state index contributed by atoms with van der Waals surface area (Å²) >= 11 is 1.39. The Hall–Kier alpha value is -1.50. The van der Waals surface area contributed by atoms with Crippen molar-refractivity contribution < 1.29 is 9.59 Å². The molecule has 0 spiro atoms. The van der Waals surface area contributed by atoms with Gasteiger partial charge in [0.2, 0.25) is 5.91 Å². The Morgan fingerprint density at radius 3 is 2.25 bits per heavy atom. The lowest BCUT2D eigenvalue weighted by Gasteiger charge is -2.08. The average Bonchev–Trinajstić information content (AvgIpc) is 2.25. The van der Waals surface area contributed by atoms with E-state index in [0.29, 0.717) is 5.04 Å². The van der Waals surface area contributed by atoms with Crippen molar-refractivity contribution in [3.8, 4) is 0 Å². The lowest BCUT2D eigenvalue weighted by molar-refractivity contribution is -0.118. The largest absolute Gasteiger partial charge is 0.391 e. The summed E-state index contributed by atoms with van der Waals surface area (Å²) in [6.07, 6.45) is 1.83. The van der Waals surface area contributed by atoms with Crippen LogP contribution in [0.2, 0.25) is 0 Å². The number of thioether (sulfide) groups is 1. The second-order valence-corrected chi connectivity index (χ2v) is 3.86. The summed E-state index contributed by atoms with van der Waals surface area (Å²) in [5.41, 5.74) is 5.44. The minimum atomic E-state index is -0.485. The fraction of sp³-hybridized carbons (Fsp3) is 0.444. The van der Waals surface area contributed by atoms with Crippen LogP contribution in [0.5, 0.6) is 0 Å². The fourth-order valence-corrected chi connectivity index (χ4v) is 0.950. The SMILES string of the molecule is CNC(=O)/C(N)=C(/N=C(\C)SC)NC(C)=O. The molecule has 0 bridgehead atoms. The highest BCUT2D eigenvalue weighted by Crippen LogP contribution is 2.04. The molecule has 0 aliphatic heterocycles. The topological polar surface area (TPSA) is 96.6 Å². The van der Waals surface area contributed by atoms with Gasteiger partial charge in [-0.1, -0.05) is 0 Å². The van der Waals surface area contributed by atoms with E-state index >= 15 is 0 Å². The molecule has 7 heteroatoms. The number of amides is 2. The molecule has 0 heterocycles. The Labute approximate surface area is 98.8 Å². The maximum Gasteiger partial charge on any atom is 0.270 e. The monoisotopic (exact) mass is 244 g/mol. The quantitative estimate of drug-likeness (QED) is 0.363. The van der Waals surface area contributed by atoms with E-state index in [4.69, 9.17) is 5.73 Å². The highest BCUT2D eigenvalue weighted by Gasteiger charge is 2.11. The fourth-order valence-electron chi connectivity index (χ4n) is 0.768. The van der Waals surface area contributed by atoms with Crippen LogP contribution in [0.1, 0.15) is 13.8 Å². The normalized spacial score (nSPS) is 12.9. The standard InChI is InChI=1S/C9H16N4O2S/c1-5(14)12-8(13-6(2)16-4)7(10)9(15)11-3/h10H2,1-4H3,(H,11,15)(H,12,14)/b8-7-,13-6+. The molecule has 0 aliphatic carbocycles. The predicted molar refractivity (Wildman–Crippen MR) is 65.7 cm³/mol. The lowest BCUT2D eigenvalue weighted by Crippen LogP contribution is -2.31. The molecule has 0 aromatic rings. The van der Waals surface area contributed by atoms with E-state index in [9.17, 15) is 9.59 Å². The molecule has 16 heavy (non-hydrogen) atoms. The molecule has 0 aromatic carbocycles. The van der Waals surface area contributed by atoms with Crippen LogP contribution < -0.4 is 16.4 Å². The molecule has 0 radical (unpaired) electrons. The molecule has 90 valence electrons. The Morgan fingerprint density at radius 1 is 1.31 bits per heavy atom. The van der Waals surface area contributed by atoms with Gasteiger partial charge in [-0.05, 0) is 13.2 Å². The maximum absolute atomic E-state index is 11.3. The first-order valence-electron chi connectivity index (χ1n) is 4.51. The smallest absolute Gasteiger partial charge is 0.270 e. The Morgan fingerprint density at radius 2 is 1.88 bits per heavy atom. The van der Waals surface area contributed by atoms with Crippen LogP contribution in [0.4, 0.5) is 0 Å². The van der Waals surface area contributed by atoms with E-state index < -0.39 is 5.91 Å². The van der Waals surface area contributed by atoms with Crippen molar-refractivity contribution >= 4 is 28.6 Å². The van der Waals surface area contributed by atoms with Crippen LogP contribution in [0.15, 0.2) is 16.5 Å². The van der Waals surface area contributed by atoms with Gasteiger partial charge in [-0.15, -0.1) is 11.8 Å². The van der Waals surface area contributed by atoms with E-state index in [1.54, 1.807) is 6.92 Å². The van der Waals surface area contributed by atoms with E-state index in [1.807, 2.05) is 6.26 Å². The van der Waals surface area contributed by atoms with E-state index in [2.05, 4.69) is 15.6 Å². The number of hydrogen-bond acceptors (Lipinski definition) is 5. The molecule has 0 rings (SSSR count). The van der Waals surface area contributed by atoms with Crippen molar-refractivity contribution in [3.05, 3.63) is 11.5 Å². The molecule has 0 fully saturated rings. The first-order chi connectivity index (χ1) is 7.42. The molecule has 4 N–H and O–H groups in total. The van der Waals surface area contributed by atoms with Crippen LogP contribution >= 0.6 is 11.8 Å². The van der Waals surface area contributed by atoms with Gasteiger partial charge in [0, 0.05) is 14.0 Å². The molecule has 0 atom stereocenters. The molecular weight excluding hydrogens is 228 g/mol. The minimum Gasteiger partial charge on any atom is -0.391 e. The summed E-state index contributed by atoms with van der Waals surface area (Å²) in [4.78, 5) is 26.3. The number of likely N-dealkylation sites (N-methyl/N-ethyl adjacent to an activating group) is 1. The van der Waals surface area contributed by atoms with Gasteiger partial charge in [0.05, 0.1) is 5.04 Å². The maximum atomic E-state index is 11.3. The van der Waals surface area contributed by atoms with Gasteiger partial charge in [0.15, 0.2) is 5.82 Å². The van der Waals surface area contributed by atoms with Gasteiger partial charge >= 0.3 is 0 Å². The molecular formula is C9H16N4O2S. The lowest BCUT2D eigenvalue weighted by atomic mass is 10.4. The summed E-state index contributed by atoms with van der Waals surface area (Å²) in [6, 6.07) is 0. The summed E-state index contributed by atoms with van der Waals surface area (Å²) in [5, 5.41) is 5.47. The van der Waals surface area contributed by atoms with Crippen molar-refractivity contribution in [2.24, 2.45) is 10.7 Å². The van der Waals surface area contributed by atoms with Gasteiger partial charge in [0.1, 0.15) is 5.70 Å². The highest BCUT2D eigenvalue weighted by atomic mass is 32.2. The third-order valence-electron chi connectivity index (χ3n) is 1.59. The van der Waals surface area contributed by atoms with Gasteiger partial charge in [-0.3, -0.25) is 9.59 Å². The predicted octanol–water partition coefficient (Wildman–Crippen LogP) is -0.222. The van der Waals surface area contributed by atoms with E-state index in [1.165, 1.54) is 25.7 Å². The highest BCUT2D eigenvalue weighted by molar-refractivity contribution is 8.13. The van der Waals surface area contributed by atoms with E-state index in [0.717, 1.165) is 0 Å². The zero-order chi connectivity index (χ0) is 12.7. The first-order valence-corrected chi connectivity index (χ1v) is 5.73. The summed E-state index contributed by atoms with van der Waals surface area (Å²) < 4.78 is 0. The Balaban J connectivity index is 5.22. The van der Waals surface area contributed by atoms with Crippen molar-refractivity contribution in [1.82, 2.24) is 10.6 Å². The number of rotatable bonds is 3. The number of carbonyl (C=O) groups is 2. The van der Waals surface area contributed by atoms with Crippen molar-refractivity contribution in [2.75, 3.05) is 13.3 Å². The first kappa shape index (κ1) is 14.5. The van der Waals surface area contributed by atoms with Gasteiger partial charge in [0.25, 0.3) is 5.91 Å². The molecule has 0 aromatic heterocycles. The second kappa shape index (κ2) is 6.89. The van der Waals surface area contributed by atoms with Crippen LogP contribution in [0.3, 0.4) is 0 Å². The van der Waals surface area contributed by atoms with Crippen molar-refractivity contribution in [1.29, 1.82) is 0 Å². The second-order valence-electron chi connectivity index (χ2n) is 2.86. The molecule has 0 saturated heterocycles. The third kappa shape index (κ3) is 4.83. The number of nitrogens with one attached hydrogen (secondary N) is 2. The molecule has 6 nitrogen and oxygen atoms in total. The summed E-state index contributed by atoms with van der Waals surface area (Å²) in [6.45, 7) is 3.07. The van der Waals surface area contributed by atoms with Gasteiger partial charge < -0.3 is 16.4 Å². The molecule has 0 aliphatic rings. The minimum absolute atomic E-state index is 0.0682. The van der Waals surface area contributed by atoms with Crippen LogP contribution in [0, 0.1) is 0 Å². The Bertz CT molecular complexity index is 349. The number of carbonyl (C=O) groups excluding carboxylic acids is 2. The van der Waals surface area contributed by atoms with Crippen LogP contribution in [0.25, 0.3) is 0 Å². The number of aliphatic imine (C=N–C) groups is 1. The van der Waals surface area contributed by atoms with Crippen molar-refractivity contribution in [3.63, 3.8) is 0 Å². The van der Waals surface area contributed by atoms with Crippen LogP contribution in [-0.2, 0) is 9.59 Å². The Kier molecular flexibility index (Phi) is 6.24. The average molecular weight is 244 g/mol. The van der Waals surface area contributed by atoms with Crippen LogP contribution in [-0.4, -0.2) is 30.2 Å². The zero-order valence-electron chi connectivity index (χ0n) is 9.75. The molecule has 0 saturated carbocycles. The summed E-state index contributed by atoms with van der Waals surface area (Å²) in [7, 11) is 1.45. The molecule has 0 unspecified atom stereocenters. The van der Waals surface area contributed by atoms with E-state index in [-0.39, 0.29) is 17.4 Å². The van der Waals surface area contributed by atoms with Crippen molar-refractivity contribution in [2.45, 2.75) is 13.8 Å². The summed E-state index contributed by atoms with van der Waals surface area (Å²) in [5.74, 6) is -0.750. The van der Waals surface area contributed by atoms with Gasteiger partial charge in [-0.25, -0.2) is 4.99 Å². The van der Waals surface area contributed by atoms with Gasteiger partial charge in [-0.2, -0.15) is 0 Å². The number of hydrogen-bond donors (Lipinski definition) is 3. The number of nitrogens with two attached hydrogens (primary N) is 1. The zero-order valence-corrected chi connectivity index (χ0v) is 10.6. The third-order valence-corrected chi connectivity index (χ3v) is 2.27.